The Morgan fingerprint density at radius 3 is 2.31 bits per heavy atom. The molecule has 0 amide bonds. The van der Waals surface area contributed by atoms with Crippen molar-refractivity contribution >= 4 is 35.8 Å². The number of fused-ring (bicyclic) bond motifs is 1. The molecule has 3 rings (SSSR count). The predicted octanol–water partition coefficient (Wildman–Crippen LogP) is 5.11. The maximum atomic E-state index is 13.6. The number of carbonyl (C=O) groups excluding carboxylic acids is 1. The van der Waals surface area contributed by atoms with E-state index >= 15 is 0 Å². The standard InChI is InChI=1S/C26H35FN2O5SSi/c1-8-33-24(31)21-17(2)20-22(30)28(15-16-34-36(6,7)26(3,4)5)25(32)29(23(20)35-21)14-13-18-9-11-19(27)12-10-18/h9-12H,8,13-16H2,1-7H3. The van der Waals surface area contributed by atoms with Gasteiger partial charge in [-0.05, 0) is 61.7 Å². The van der Waals surface area contributed by atoms with Crippen LogP contribution in [0.25, 0.3) is 10.2 Å². The first kappa shape index (κ1) is 28.0. The van der Waals surface area contributed by atoms with Gasteiger partial charge in [-0.25, -0.2) is 14.0 Å². The lowest BCUT2D eigenvalue weighted by Crippen LogP contribution is -2.44. The first-order chi connectivity index (χ1) is 16.8. The predicted molar refractivity (Wildman–Crippen MR) is 144 cm³/mol. The van der Waals surface area contributed by atoms with Gasteiger partial charge in [0.2, 0.25) is 0 Å². The molecule has 0 saturated heterocycles. The fraction of sp³-hybridized carbons (Fsp3) is 0.500. The molecule has 0 aliphatic heterocycles. The minimum absolute atomic E-state index is 0.00420. The van der Waals surface area contributed by atoms with E-state index in [-0.39, 0.29) is 37.2 Å². The number of rotatable bonds is 9. The molecule has 1 aromatic carbocycles. The van der Waals surface area contributed by atoms with Crippen molar-refractivity contribution < 1.29 is 18.3 Å². The van der Waals surface area contributed by atoms with E-state index in [2.05, 4.69) is 33.9 Å². The number of benzene rings is 1. The Balaban J connectivity index is 2.07. The fourth-order valence-corrected chi connectivity index (χ4v) is 5.93. The van der Waals surface area contributed by atoms with Crippen molar-refractivity contribution in [3.8, 4) is 0 Å². The van der Waals surface area contributed by atoms with Crippen LogP contribution in [0.1, 0.15) is 48.5 Å². The van der Waals surface area contributed by atoms with Crippen LogP contribution in [0.4, 0.5) is 4.39 Å². The Morgan fingerprint density at radius 1 is 1.08 bits per heavy atom. The zero-order valence-corrected chi connectivity index (χ0v) is 23.9. The van der Waals surface area contributed by atoms with Crippen molar-refractivity contribution in [2.24, 2.45) is 0 Å². The lowest BCUT2D eigenvalue weighted by atomic mass is 10.1. The second-order valence-electron chi connectivity index (χ2n) is 10.3. The van der Waals surface area contributed by atoms with Gasteiger partial charge in [-0.15, -0.1) is 11.3 Å². The molecule has 0 unspecified atom stereocenters. The van der Waals surface area contributed by atoms with Gasteiger partial charge in [0.1, 0.15) is 15.5 Å². The highest BCUT2D eigenvalue weighted by Gasteiger charge is 2.37. The Bertz CT molecular complexity index is 1370. The van der Waals surface area contributed by atoms with Gasteiger partial charge in [0.25, 0.3) is 5.56 Å². The molecule has 0 bridgehead atoms. The van der Waals surface area contributed by atoms with Gasteiger partial charge in [-0.3, -0.25) is 13.9 Å². The van der Waals surface area contributed by atoms with Gasteiger partial charge in [0, 0.05) is 6.54 Å². The molecule has 36 heavy (non-hydrogen) atoms. The van der Waals surface area contributed by atoms with Gasteiger partial charge < -0.3 is 9.16 Å². The van der Waals surface area contributed by atoms with E-state index in [1.807, 2.05) is 0 Å². The number of halogens is 1. The van der Waals surface area contributed by atoms with Gasteiger partial charge in [0.15, 0.2) is 8.32 Å². The number of ether oxygens (including phenoxy) is 1. The average Bonchev–Trinajstić information content (AvgIpc) is 3.13. The Hall–Kier alpha value is -2.56. The molecule has 7 nitrogen and oxygen atoms in total. The van der Waals surface area contributed by atoms with E-state index in [9.17, 15) is 18.8 Å². The van der Waals surface area contributed by atoms with E-state index in [0.29, 0.717) is 27.1 Å². The highest BCUT2D eigenvalue weighted by molar-refractivity contribution is 7.20. The molecule has 0 fully saturated rings. The van der Waals surface area contributed by atoms with Gasteiger partial charge in [-0.2, -0.15) is 0 Å². The van der Waals surface area contributed by atoms with E-state index in [0.717, 1.165) is 16.9 Å². The number of esters is 1. The van der Waals surface area contributed by atoms with Crippen molar-refractivity contribution in [3.05, 3.63) is 66.9 Å². The molecule has 0 atom stereocenters. The molecule has 10 heteroatoms. The number of nitrogens with zero attached hydrogens (tertiary/aromatic N) is 2. The quantitative estimate of drug-likeness (QED) is 0.281. The zero-order chi connectivity index (χ0) is 26.8. The molecule has 2 heterocycles. The van der Waals surface area contributed by atoms with Crippen LogP contribution in [0, 0.1) is 12.7 Å². The molecule has 2 aromatic heterocycles. The van der Waals surface area contributed by atoms with Gasteiger partial charge >= 0.3 is 11.7 Å². The number of carbonyl (C=O) groups is 1. The minimum atomic E-state index is -2.07. The summed E-state index contributed by atoms with van der Waals surface area (Å²) in [4.78, 5) is 40.4. The first-order valence-corrected chi connectivity index (χ1v) is 15.8. The van der Waals surface area contributed by atoms with Crippen LogP contribution in [0.3, 0.4) is 0 Å². The maximum absolute atomic E-state index is 13.6. The number of aromatic nitrogens is 2. The third-order valence-electron chi connectivity index (χ3n) is 6.88. The Labute approximate surface area is 215 Å². The molecular formula is C26H35FN2O5SSi. The van der Waals surface area contributed by atoms with Crippen LogP contribution < -0.4 is 11.2 Å². The lowest BCUT2D eigenvalue weighted by Gasteiger charge is -2.36. The number of hydrogen-bond donors (Lipinski definition) is 0. The van der Waals surface area contributed by atoms with Crippen LogP contribution in [-0.2, 0) is 28.7 Å². The van der Waals surface area contributed by atoms with Crippen LogP contribution in [-0.4, -0.2) is 36.6 Å². The number of thiophene rings is 1. The molecule has 196 valence electrons. The lowest BCUT2D eigenvalue weighted by molar-refractivity contribution is 0.0531. The molecule has 0 radical (unpaired) electrons. The average molecular weight is 535 g/mol. The summed E-state index contributed by atoms with van der Waals surface area (Å²) in [5, 5.41) is 0.338. The topological polar surface area (TPSA) is 79.5 Å². The van der Waals surface area contributed by atoms with Gasteiger partial charge in [0.05, 0.1) is 25.1 Å². The summed E-state index contributed by atoms with van der Waals surface area (Å²) in [6.07, 6.45) is 0.458. The smallest absolute Gasteiger partial charge is 0.348 e. The van der Waals surface area contributed by atoms with Crippen molar-refractivity contribution in [1.82, 2.24) is 9.13 Å². The Morgan fingerprint density at radius 2 is 1.72 bits per heavy atom. The molecule has 0 spiro atoms. The van der Waals surface area contributed by atoms with Crippen molar-refractivity contribution in [2.75, 3.05) is 13.2 Å². The summed E-state index contributed by atoms with van der Waals surface area (Å²) in [5.41, 5.74) is 0.476. The summed E-state index contributed by atoms with van der Waals surface area (Å²) in [6, 6.07) is 6.09. The van der Waals surface area contributed by atoms with Crippen LogP contribution in [0.15, 0.2) is 33.9 Å². The van der Waals surface area contributed by atoms with Crippen molar-refractivity contribution in [1.29, 1.82) is 0 Å². The summed E-state index contributed by atoms with van der Waals surface area (Å²) in [6.45, 7) is 14.9. The fourth-order valence-electron chi connectivity index (χ4n) is 3.68. The molecule has 0 saturated carbocycles. The van der Waals surface area contributed by atoms with Crippen LogP contribution >= 0.6 is 11.3 Å². The van der Waals surface area contributed by atoms with E-state index in [4.69, 9.17) is 9.16 Å². The first-order valence-electron chi connectivity index (χ1n) is 12.1. The van der Waals surface area contributed by atoms with Gasteiger partial charge in [-0.1, -0.05) is 32.9 Å². The minimum Gasteiger partial charge on any atom is -0.462 e. The Kier molecular flexibility index (Phi) is 8.42. The molecule has 0 aliphatic carbocycles. The summed E-state index contributed by atoms with van der Waals surface area (Å²) in [5.74, 6) is -0.845. The zero-order valence-electron chi connectivity index (χ0n) is 22.1. The second-order valence-corrected chi connectivity index (χ2v) is 16.1. The number of aryl methyl sites for hydroxylation is 3. The highest BCUT2D eigenvalue weighted by atomic mass is 32.1. The summed E-state index contributed by atoms with van der Waals surface area (Å²) >= 11 is 1.10. The SMILES string of the molecule is CCOC(=O)c1sc2c(c1C)c(=O)n(CCO[Si](C)(C)C(C)(C)C)c(=O)n2CCc1ccc(F)cc1. The second kappa shape index (κ2) is 10.8. The highest BCUT2D eigenvalue weighted by Crippen LogP contribution is 2.36. The summed E-state index contributed by atoms with van der Waals surface area (Å²) < 4.78 is 27.5. The van der Waals surface area contributed by atoms with E-state index in [1.54, 1.807) is 26.0 Å². The molecule has 0 aliphatic rings. The maximum Gasteiger partial charge on any atom is 0.348 e. The van der Waals surface area contributed by atoms with Crippen molar-refractivity contribution in [3.63, 3.8) is 0 Å². The third kappa shape index (κ3) is 5.71. The molecular weight excluding hydrogens is 499 g/mol. The normalized spacial score (nSPS) is 12.3. The van der Waals surface area contributed by atoms with E-state index < -0.39 is 25.5 Å². The largest absolute Gasteiger partial charge is 0.462 e. The third-order valence-corrected chi connectivity index (χ3v) is 12.7. The van der Waals surface area contributed by atoms with Crippen LogP contribution in [0.2, 0.25) is 18.1 Å². The molecule has 0 N–H and O–H groups in total. The number of hydrogen-bond acceptors (Lipinski definition) is 6. The molecule has 3 aromatic rings. The summed E-state index contributed by atoms with van der Waals surface area (Å²) in [7, 11) is -2.07. The van der Waals surface area contributed by atoms with Crippen molar-refractivity contribution in [2.45, 2.75) is 72.3 Å². The van der Waals surface area contributed by atoms with E-state index in [1.165, 1.54) is 21.3 Å². The monoisotopic (exact) mass is 534 g/mol. The van der Waals surface area contributed by atoms with Crippen LogP contribution in [0.5, 0.6) is 0 Å².